The lowest BCUT2D eigenvalue weighted by Crippen LogP contribution is -2.24. The summed E-state index contributed by atoms with van der Waals surface area (Å²) in [5.41, 5.74) is -0.187. The first-order valence-electron chi connectivity index (χ1n) is 4.41. The molecular weight excluding hydrogens is 207 g/mol. The fourth-order valence-corrected chi connectivity index (χ4v) is 1.06. The summed E-state index contributed by atoms with van der Waals surface area (Å²) >= 11 is 0. The predicted molar refractivity (Wildman–Crippen MR) is 63.7 cm³/mol. The Hall–Kier alpha value is -0.978. The van der Waals surface area contributed by atoms with Gasteiger partial charge in [0.15, 0.2) is 17.4 Å². The fourth-order valence-electron chi connectivity index (χ4n) is 1.06. The van der Waals surface area contributed by atoms with Crippen LogP contribution in [0.25, 0.3) is 0 Å². The van der Waals surface area contributed by atoms with Gasteiger partial charge in [-0.25, -0.2) is 4.79 Å². The summed E-state index contributed by atoms with van der Waals surface area (Å²) in [4.78, 5) is 10.8. The van der Waals surface area contributed by atoms with Gasteiger partial charge in [0.05, 0.1) is 0 Å². The zero-order valence-corrected chi connectivity index (χ0v) is 8.57. The number of carboxylic acid groups (broad SMARTS) is 1. The molecule has 0 heterocycles. The molecule has 0 atom stereocenters. The van der Waals surface area contributed by atoms with E-state index in [9.17, 15) is 4.79 Å². The lowest BCUT2D eigenvalue weighted by molar-refractivity contribution is 0.0681. The topological polar surface area (TPSA) is 46.5 Å². The van der Waals surface area contributed by atoms with Crippen molar-refractivity contribution in [1.29, 1.82) is 0 Å². The number of aromatic carboxylic acids is 1. The number of hydrogen-bond donors (Lipinski definition) is 1. The predicted octanol–water partition coefficient (Wildman–Crippen LogP) is 1.38. The molecule has 1 aromatic rings. The number of carbonyl (C=O) groups is 1. The summed E-state index contributed by atoms with van der Waals surface area (Å²) in [5.74, 6) is -0.558. The second kappa shape index (κ2) is 5.20. The van der Waals surface area contributed by atoms with Gasteiger partial charge in [-0.05, 0) is 32.9 Å². The SMILES string of the molecule is CC(C)(C)Oc1ccccc1C(=O)O.[AlH3]. The number of para-hydroxylation sites is 1. The molecule has 0 aliphatic heterocycles. The summed E-state index contributed by atoms with van der Waals surface area (Å²) in [5, 5.41) is 8.88. The number of rotatable bonds is 2. The van der Waals surface area contributed by atoms with Crippen LogP contribution < -0.4 is 4.74 Å². The number of hydrogen-bond acceptors (Lipinski definition) is 2. The molecule has 0 saturated carbocycles. The number of ether oxygens (including phenoxy) is 1. The molecule has 0 unspecified atom stereocenters. The van der Waals surface area contributed by atoms with E-state index in [1.165, 1.54) is 6.07 Å². The van der Waals surface area contributed by atoms with E-state index in [1.807, 2.05) is 20.8 Å². The summed E-state index contributed by atoms with van der Waals surface area (Å²) < 4.78 is 5.51. The molecule has 0 spiro atoms. The molecule has 0 aromatic heterocycles. The van der Waals surface area contributed by atoms with Crippen molar-refractivity contribution >= 4 is 23.3 Å². The molecule has 82 valence electrons. The van der Waals surface area contributed by atoms with Crippen LogP contribution in [0.4, 0.5) is 0 Å². The van der Waals surface area contributed by atoms with Gasteiger partial charge < -0.3 is 9.84 Å². The molecule has 15 heavy (non-hydrogen) atoms. The van der Waals surface area contributed by atoms with Gasteiger partial charge in [0, 0.05) is 0 Å². The Labute approximate surface area is 100 Å². The highest BCUT2D eigenvalue weighted by molar-refractivity contribution is 5.90. The first-order chi connectivity index (χ1) is 6.40. The second-order valence-corrected chi connectivity index (χ2v) is 4.02. The van der Waals surface area contributed by atoms with Crippen LogP contribution in [-0.4, -0.2) is 34.0 Å². The second-order valence-electron chi connectivity index (χ2n) is 4.02. The quantitative estimate of drug-likeness (QED) is 0.772. The number of carboxylic acids is 1. The third-order valence-corrected chi connectivity index (χ3v) is 1.53. The zero-order chi connectivity index (χ0) is 10.8. The van der Waals surface area contributed by atoms with Gasteiger partial charge in [0.25, 0.3) is 0 Å². The molecule has 3 nitrogen and oxygen atoms in total. The Morgan fingerprint density at radius 1 is 1.27 bits per heavy atom. The van der Waals surface area contributed by atoms with Crippen molar-refractivity contribution < 1.29 is 14.6 Å². The van der Waals surface area contributed by atoms with Crippen molar-refractivity contribution in [3.63, 3.8) is 0 Å². The molecule has 1 N–H and O–H groups in total. The molecule has 0 aliphatic carbocycles. The lowest BCUT2D eigenvalue weighted by atomic mass is 10.1. The minimum atomic E-state index is -0.968. The van der Waals surface area contributed by atoms with E-state index in [0.717, 1.165) is 0 Å². The van der Waals surface area contributed by atoms with Gasteiger partial charge in [-0.3, -0.25) is 0 Å². The van der Waals surface area contributed by atoms with Crippen LogP contribution in [0.1, 0.15) is 31.1 Å². The maximum Gasteiger partial charge on any atom is 0.339 e. The van der Waals surface area contributed by atoms with Crippen LogP contribution >= 0.6 is 0 Å². The Morgan fingerprint density at radius 3 is 2.27 bits per heavy atom. The smallest absolute Gasteiger partial charge is 0.339 e. The minimum Gasteiger partial charge on any atom is -0.487 e. The monoisotopic (exact) mass is 224 g/mol. The summed E-state index contributed by atoms with van der Waals surface area (Å²) in [6.45, 7) is 5.64. The van der Waals surface area contributed by atoms with Gasteiger partial charge in [-0.1, -0.05) is 12.1 Å². The van der Waals surface area contributed by atoms with Crippen molar-refractivity contribution in [1.82, 2.24) is 0 Å². The summed E-state index contributed by atoms with van der Waals surface area (Å²) in [6.07, 6.45) is 0. The Balaban J connectivity index is 0.00000196. The average Bonchev–Trinajstić information content (AvgIpc) is 2.01. The highest BCUT2D eigenvalue weighted by Gasteiger charge is 2.16. The van der Waals surface area contributed by atoms with E-state index in [2.05, 4.69) is 0 Å². The van der Waals surface area contributed by atoms with Gasteiger partial charge >= 0.3 is 5.97 Å². The minimum absolute atomic E-state index is 0. The normalized spacial score (nSPS) is 10.3. The van der Waals surface area contributed by atoms with Crippen LogP contribution in [0.2, 0.25) is 0 Å². The largest absolute Gasteiger partial charge is 0.487 e. The molecule has 0 aliphatic rings. The molecule has 1 aromatic carbocycles. The molecular formula is C11H17AlO3. The molecule has 1 rings (SSSR count). The summed E-state index contributed by atoms with van der Waals surface area (Å²) in [7, 11) is 0. The Kier molecular flexibility index (Phi) is 4.86. The third-order valence-electron chi connectivity index (χ3n) is 1.53. The van der Waals surface area contributed by atoms with Crippen molar-refractivity contribution in [3.05, 3.63) is 29.8 Å². The van der Waals surface area contributed by atoms with Crippen molar-refractivity contribution in [2.75, 3.05) is 0 Å². The Bertz CT molecular complexity index is 342. The highest BCUT2D eigenvalue weighted by atomic mass is 27.0. The van der Waals surface area contributed by atoms with E-state index >= 15 is 0 Å². The summed E-state index contributed by atoms with van der Waals surface area (Å²) in [6, 6.07) is 6.63. The van der Waals surface area contributed by atoms with Crippen LogP contribution in [0, 0.1) is 0 Å². The van der Waals surface area contributed by atoms with E-state index in [0.29, 0.717) is 5.75 Å². The fraction of sp³-hybridized carbons (Fsp3) is 0.364. The standard InChI is InChI=1S/C11H14O3.Al.3H/c1-11(2,3)14-9-7-5-4-6-8(9)10(12)13;;;;/h4-7H,1-3H3,(H,12,13);;;;. The zero-order valence-electron chi connectivity index (χ0n) is 8.57. The van der Waals surface area contributed by atoms with E-state index in [1.54, 1.807) is 18.2 Å². The molecule has 0 fully saturated rings. The molecule has 0 amide bonds. The van der Waals surface area contributed by atoms with Crippen LogP contribution in [0.5, 0.6) is 5.75 Å². The first-order valence-corrected chi connectivity index (χ1v) is 4.41. The van der Waals surface area contributed by atoms with Crippen molar-refractivity contribution in [2.45, 2.75) is 26.4 Å². The lowest BCUT2D eigenvalue weighted by Gasteiger charge is -2.22. The molecule has 0 bridgehead atoms. The van der Waals surface area contributed by atoms with Crippen LogP contribution in [0.3, 0.4) is 0 Å². The maximum absolute atomic E-state index is 10.8. The van der Waals surface area contributed by atoms with Gasteiger partial charge in [-0.15, -0.1) is 0 Å². The first kappa shape index (κ1) is 14.0. The average molecular weight is 224 g/mol. The van der Waals surface area contributed by atoms with Crippen molar-refractivity contribution in [3.8, 4) is 5.75 Å². The molecule has 0 saturated heterocycles. The van der Waals surface area contributed by atoms with E-state index in [4.69, 9.17) is 9.84 Å². The third kappa shape index (κ3) is 4.37. The Morgan fingerprint density at radius 2 is 1.80 bits per heavy atom. The van der Waals surface area contributed by atoms with Crippen molar-refractivity contribution in [2.24, 2.45) is 0 Å². The number of benzene rings is 1. The van der Waals surface area contributed by atoms with Gasteiger partial charge in [0.1, 0.15) is 16.9 Å². The van der Waals surface area contributed by atoms with Gasteiger partial charge in [0.2, 0.25) is 0 Å². The van der Waals surface area contributed by atoms with E-state index < -0.39 is 5.97 Å². The van der Waals surface area contributed by atoms with E-state index in [-0.39, 0.29) is 28.5 Å². The maximum atomic E-state index is 10.8. The molecule has 4 heteroatoms. The highest BCUT2D eigenvalue weighted by Crippen LogP contribution is 2.22. The van der Waals surface area contributed by atoms with Crippen LogP contribution in [0.15, 0.2) is 24.3 Å². The van der Waals surface area contributed by atoms with Crippen LogP contribution in [-0.2, 0) is 0 Å². The van der Waals surface area contributed by atoms with Gasteiger partial charge in [-0.2, -0.15) is 0 Å². The molecule has 0 radical (unpaired) electrons.